The van der Waals surface area contributed by atoms with Gasteiger partial charge in [0.1, 0.15) is 5.69 Å². The van der Waals surface area contributed by atoms with Gasteiger partial charge < -0.3 is 10.6 Å². The van der Waals surface area contributed by atoms with Gasteiger partial charge in [0.25, 0.3) is 11.5 Å². The zero-order chi connectivity index (χ0) is 18.2. The van der Waals surface area contributed by atoms with E-state index in [1.165, 1.54) is 55.3 Å². The fourth-order valence-electron chi connectivity index (χ4n) is 3.31. The summed E-state index contributed by atoms with van der Waals surface area (Å²) in [5.74, 6) is -0.266. The molecule has 1 aliphatic rings. The molecule has 138 valence electrons. The Balaban J connectivity index is 1.54. The lowest BCUT2D eigenvalue weighted by molar-refractivity contribution is 0.0946. The number of amides is 1. The summed E-state index contributed by atoms with van der Waals surface area (Å²) in [5.41, 5.74) is 0.618. The van der Waals surface area contributed by atoms with Crippen LogP contribution in [0.1, 0.15) is 49.0 Å². The van der Waals surface area contributed by atoms with Gasteiger partial charge in [-0.25, -0.2) is 0 Å². The molecule has 0 bridgehead atoms. The van der Waals surface area contributed by atoms with E-state index in [2.05, 4.69) is 15.7 Å². The highest BCUT2D eigenvalue weighted by Crippen LogP contribution is 2.16. The van der Waals surface area contributed by atoms with Crippen LogP contribution < -0.4 is 16.2 Å². The molecule has 6 nitrogen and oxygen atoms in total. The summed E-state index contributed by atoms with van der Waals surface area (Å²) >= 11 is 0. The number of benzene rings is 1. The molecule has 0 atom stereocenters. The van der Waals surface area contributed by atoms with Gasteiger partial charge in [-0.1, -0.05) is 43.9 Å². The van der Waals surface area contributed by atoms with E-state index in [-0.39, 0.29) is 17.2 Å². The first kappa shape index (κ1) is 18.3. The van der Waals surface area contributed by atoms with Crippen LogP contribution in [0.25, 0.3) is 5.69 Å². The average molecular weight is 354 g/mol. The topological polar surface area (TPSA) is 76.0 Å². The molecule has 1 aliphatic carbocycles. The highest BCUT2D eigenvalue weighted by molar-refractivity contribution is 5.92. The Morgan fingerprint density at radius 3 is 2.46 bits per heavy atom. The Kier molecular flexibility index (Phi) is 6.55. The first-order valence-electron chi connectivity index (χ1n) is 9.41. The van der Waals surface area contributed by atoms with Crippen LogP contribution in [0.4, 0.5) is 0 Å². The molecule has 1 heterocycles. The summed E-state index contributed by atoms with van der Waals surface area (Å²) in [6.07, 6.45) is 7.68. The normalized spacial score (nSPS) is 15.4. The number of hydrogen-bond donors (Lipinski definition) is 2. The molecule has 0 saturated heterocycles. The van der Waals surface area contributed by atoms with Crippen LogP contribution in [0.15, 0.2) is 47.3 Å². The van der Waals surface area contributed by atoms with E-state index in [9.17, 15) is 9.59 Å². The molecule has 1 amide bonds. The predicted octanol–water partition coefficient (Wildman–Crippen LogP) is 2.27. The van der Waals surface area contributed by atoms with Crippen molar-refractivity contribution in [3.8, 4) is 5.69 Å². The lowest BCUT2D eigenvalue weighted by atomic mass is 10.1. The minimum Gasteiger partial charge on any atom is -0.349 e. The molecule has 6 heteroatoms. The van der Waals surface area contributed by atoms with Crippen molar-refractivity contribution < 1.29 is 4.79 Å². The van der Waals surface area contributed by atoms with Gasteiger partial charge in [-0.15, -0.1) is 0 Å². The zero-order valence-corrected chi connectivity index (χ0v) is 15.0. The number of nitrogens with one attached hydrogen (secondary N) is 2. The highest BCUT2D eigenvalue weighted by Gasteiger charge is 2.12. The van der Waals surface area contributed by atoms with Crippen molar-refractivity contribution in [3.05, 3.63) is 58.5 Å². The Morgan fingerprint density at radius 2 is 1.73 bits per heavy atom. The van der Waals surface area contributed by atoms with Gasteiger partial charge in [-0.2, -0.15) is 9.78 Å². The van der Waals surface area contributed by atoms with Gasteiger partial charge in [0.15, 0.2) is 0 Å². The summed E-state index contributed by atoms with van der Waals surface area (Å²) in [4.78, 5) is 24.3. The first-order valence-corrected chi connectivity index (χ1v) is 9.41. The lowest BCUT2D eigenvalue weighted by Crippen LogP contribution is -2.37. The fourth-order valence-corrected chi connectivity index (χ4v) is 3.31. The fraction of sp³-hybridized carbons (Fsp3) is 0.450. The van der Waals surface area contributed by atoms with Crippen molar-refractivity contribution in [3.63, 3.8) is 0 Å². The van der Waals surface area contributed by atoms with Crippen LogP contribution in [0.5, 0.6) is 0 Å². The van der Waals surface area contributed by atoms with Crippen molar-refractivity contribution in [1.29, 1.82) is 0 Å². The average Bonchev–Trinajstić information content (AvgIpc) is 2.95. The Morgan fingerprint density at radius 1 is 1.00 bits per heavy atom. The molecule has 2 N–H and O–H groups in total. The molecule has 2 aromatic rings. The molecule has 0 radical (unpaired) electrons. The van der Waals surface area contributed by atoms with Gasteiger partial charge >= 0.3 is 0 Å². The molecular formula is C20H26N4O2. The minimum absolute atomic E-state index is 0.239. The Labute approximate surface area is 153 Å². The van der Waals surface area contributed by atoms with Crippen molar-refractivity contribution in [2.45, 2.75) is 44.6 Å². The van der Waals surface area contributed by atoms with E-state index >= 15 is 0 Å². The number of carbonyl (C=O) groups excluding carboxylic acids is 1. The molecular weight excluding hydrogens is 328 g/mol. The molecule has 0 unspecified atom stereocenters. The van der Waals surface area contributed by atoms with E-state index in [1.807, 2.05) is 18.2 Å². The van der Waals surface area contributed by atoms with E-state index in [0.29, 0.717) is 18.3 Å². The maximum absolute atomic E-state index is 12.3. The van der Waals surface area contributed by atoms with Crippen LogP contribution >= 0.6 is 0 Å². The molecule has 26 heavy (non-hydrogen) atoms. The number of para-hydroxylation sites is 1. The molecule has 1 fully saturated rings. The summed E-state index contributed by atoms with van der Waals surface area (Å²) in [6.45, 7) is 1.29. The molecule has 1 saturated carbocycles. The van der Waals surface area contributed by atoms with Crippen LogP contribution in [-0.2, 0) is 0 Å². The monoisotopic (exact) mass is 354 g/mol. The highest BCUT2D eigenvalue weighted by atomic mass is 16.2. The number of carbonyl (C=O) groups is 1. The van der Waals surface area contributed by atoms with Crippen molar-refractivity contribution in [2.24, 2.45) is 0 Å². The smallest absolute Gasteiger partial charge is 0.271 e. The van der Waals surface area contributed by atoms with E-state index in [1.54, 1.807) is 12.1 Å². The van der Waals surface area contributed by atoms with Gasteiger partial charge in [-0.3, -0.25) is 9.59 Å². The molecule has 0 aliphatic heterocycles. The summed E-state index contributed by atoms with van der Waals surface area (Å²) < 4.78 is 1.25. The van der Waals surface area contributed by atoms with Crippen LogP contribution in [0.3, 0.4) is 0 Å². The Bertz CT molecular complexity index is 765. The van der Waals surface area contributed by atoms with Gasteiger partial charge in [-0.05, 0) is 31.0 Å². The van der Waals surface area contributed by atoms with Gasteiger partial charge in [0.2, 0.25) is 0 Å². The zero-order valence-electron chi connectivity index (χ0n) is 15.0. The van der Waals surface area contributed by atoms with Gasteiger partial charge in [0.05, 0.1) is 5.69 Å². The van der Waals surface area contributed by atoms with Crippen LogP contribution in [0, 0.1) is 0 Å². The maximum atomic E-state index is 12.3. The van der Waals surface area contributed by atoms with E-state index in [0.717, 1.165) is 6.54 Å². The summed E-state index contributed by atoms with van der Waals surface area (Å²) in [7, 11) is 0. The molecule has 1 aromatic heterocycles. The third kappa shape index (κ3) is 5.02. The second-order valence-electron chi connectivity index (χ2n) is 6.70. The first-order chi connectivity index (χ1) is 12.7. The number of rotatable bonds is 6. The van der Waals surface area contributed by atoms with E-state index in [4.69, 9.17) is 0 Å². The number of nitrogens with zero attached hydrogens (tertiary/aromatic N) is 2. The number of aromatic nitrogens is 2. The van der Waals surface area contributed by atoms with Crippen LogP contribution in [0.2, 0.25) is 0 Å². The standard InChI is InChI=1S/C20H26N4O2/c25-19-13-12-18(23-24(19)17-10-6-3-7-11-17)20(26)22-15-14-21-16-8-4-1-2-5-9-16/h3,6-7,10-13,16,21H,1-2,4-5,8-9,14-15H2,(H,22,26). The Hall–Kier alpha value is -2.47. The second-order valence-corrected chi connectivity index (χ2v) is 6.70. The maximum Gasteiger partial charge on any atom is 0.271 e. The van der Waals surface area contributed by atoms with Crippen molar-refractivity contribution >= 4 is 5.91 Å². The second kappa shape index (κ2) is 9.29. The van der Waals surface area contributed by atoms with Crippen LogP contribution in [-0.4, -0.2) is 34.8 Å². The SMILES string of the molecule is O=C(NCCNC1CCCCCC1)c1ccc(=O)n(-c2ccccc2)n1. The molecule has 3 rings (SSSR count). The lowest BCUT2D eigenvalue weighted by Gasteiger charge is -2.16. The third-order valence-electron chi connectivity index (χ3n) is 4.73. The quantitative estimate of drug-likeness (QED) is 0.616. The number of hydrogen-bond acceptors (Lipinski definition) is 4. The molecule has 0 spiro atoms. The summed E-state index contributed by atoms with van der Waals surface area (Å²) in [6, 6.07) is 12.5. The largest absolute Gasteiger partial charge is 0.349 e. The minimum atomic E-state index is -0.266. The molecule has 1 aromatic carbocycles. The van der Waals surface area contributed by atoms with E-state index < -0.39 is 0 Å². The predicted molar refractivity (Wildman–Crippen MR) is 102 cm³/mol. The van der Waals surface area contributed by atoms with Crippen molar-refractivity contribution in [1.82, 2.24) is 20.4 Å². The van der Waals surface area contributed by atoms with Gasteiger partial charge in [0, 0.05) is 25.2 Å². The summed E-state index contributed by atoms with van der Waals surface area (Å²) in [5, 5.41) is 10.6. The third-order valence-corrected chi connectivity index (χ3v) is 4.73. The van der Waals surface area contributed by atoms with Crippen molar-refractivity contribution in [2.75, 3.05) is 13.1 Å².